The highest BCUT2D eigenvalue weighted by molar-refractivity contribution is 5.71. The van der Waals surface area contributed by atoms with E-state index in [4.69, 9.17) is 15.2 Å². The van der Waals surface area contributed by atoms with Gasteiger partial charge in [-0.25, -0.2) is 9.18 Å². The second-order valence-corrected chi connectivity index (χ2v) is 8.24. The van der Waals surface area contributed by atoms with E-state index in [9.17, 15) is 4.79 Å². The third kappa shape index (κ3) is 5.31. The number of carbonyl (C=O) groups excluding carboxylic acids is 1. The summed E-state index contributed by atoms with van der Waals surface area (Å²) in [5.41, 5.74) is 9.07. The Bertz CT molecular complexity index is 1110. The maximum atomic E-state index is 15.0. The molecule has 0 aliphatic carbocycles. The molecule has 1 fully saturated rings. The van der Waals surface area contributed by atoms with Gasteiger partial charge >= 0.3 is 6.09 Å². The number of likely N-dealkylation sites (tertiary alicyclic amines) is 1. The van der Waals surface area contributed by atoms with Crippen LogP contribution in [-0.2, 0) is 17.9 Å². The minimum atomic E-state index is -0.319. The molecular weight excluding hydrogens is 421 g/mol. The number of aromatic nitrogens is 1. The van der Waals surface area contributed by atoms with Crippen molar-refractivity contribution in [2.45, 2.75) is 26.5 Å². The summed E-state index contributed by atoms with van der Waals surface area (Å²) in [5.74, 6) is 0.372. The van der Waals surface area contributed by atoms with Crippen LogP contribution in [-0.4, -0.2) is 35.7 Å². The lowest BCUT2D eigenvalue weighted by Crippen LogP contribution is -2.30. The van der Waals surface area contributed by atoms with Gasteiger partial charge < -0.3 is 20.1 Å². The van der Waals surface area contributed by atoms with E-state index in [0.29, 0.717) is 42.1 Å². The molecule has 1 atom stereocenters. The molecule has 1 aliphatic rings. The summed E-state index contributed by atoms with van der Waals surface area (Å²) in [4.78, 5) is 18.3. The molecule has 6 nitrogen and oxygen atoms in total. The lowest BCUT2D eigenvalue weighted by atomic mass is 9.99. The third-order valence-electron chi connectivity index (χ3n) is 6.02. The molecule has 4 rings (SSSR count). The van der Waals surface area contributed by atoms with Crippen LogP contribution >= 0.6 is 0 Å². The number of hydrogen-bond donors (Lipinski definition) is 1. The Labute approximate surface area is 193 Å². The fourth-order valence-corrected chi connectivity index (χ4v) is 4.02. The van der Waals surface area contributed by atoms with E-state index < -0.39 is 0 Å². The maximum Gasteiger partial charge on any atom is 0.410 e. The van der Waals surface area contributed by atoms with Crippen molar-refractivity contribution in [3.8, 4) is 16.9 Å². The van der Waals surface area contributed by atoms with Crippen LogP contribution in [0.1, 0.15) is 23.1 Å². The Hall–Kier alpha value is -3.45. The Kier molecular flexibility index (Phi) is 7.19. The molecule has 1 amide bonds. The van der Waals surface area contributed by atoms with Crippen LogP contribution in [0.3, 0.4) is 0 Å². The first kappa shape index (κ1) is 22.7. The minimum Gasteiger partial charge on any atom is -0.491 e. The summed E-state index contributed by atoms with van der Waals surface area (Å²) in [7, 11) is 0. The number of ether oxygens (including phenoxy) is 2. The lowest BCUT2D eigenvalue weighted by molar-refractivity contribution is 0.102. The first-order chi connectivity index (χ1) is 16.1. The van der Waals surface area contributed by atoms with E-state index in [2.05, 4.69) is 4.98 Å². The molecule has 1 saturated heterocycles. The van der Waals surface area contributed by atoms with Crippen molar-refractivity contribution in [1.29, 1.82) is 0 Å². The van der Waals surface area contributed by atoms with Crippen LogP contribution in [0.2, 0.25) is 0 Å². The van der Waals surface area contributed by atoms with Gasteiger partial charge in [0, 0.05) is 42.9 Å². The third-order valence-corrected chi connectivity index (χ3v) is 6.02. The van der Waals surface area contributed by atoms with Crippen molar-refractivity contribution in [2.24, 2.45) is 11.7 Å². The fraction of sp³-hybridized carbons (Fsp3) is 0.308. The van der Waals surface area contributed by atoms with Gasteiger partial charge in [0.05, 0.1) is 12.8 Å². The molecule has 0 radical (unpaired) electrons. The van der Waals surface area contributed by atoms with Crippen LogP contribution in [0.4, 0.5) is 9.18 Å². The number of nitrogens with zero attached hydrogens (tertiary/aromatic N) is 2. The minimum absolute atomic E-state index is 0.161. The quantitative estimate of drug-likeness (QED) is 0.566. The summed E-state index contributed by atoms with van der Waals surface area (Å²) in [6.07, 6.45) is 3.71. The van der Waals surface area contributed by atoms with Gasteiger partial charge in [0.25, 0.3) is 0 Å². The summed E-state index contributed by atoms with van der Waals surface area (Å²) in [6, 6.07) is 14.9. The average molecular weight is 450 g/mol. The maximum absolute atomic E-state index is 15.0. The number of halogens is 1. The predicted molar refractivity (Wildman–Crippen MR) is 124 cm³/mol. The second kappa shape index (κ2) is 10.4. The van der Waals surface area contributed by atoms with Gasteiger partial charge in [-0.15, -0.1) is 0 Å². The molecule has 0 bridgehead atoms. The zero-order chi connectivity index (χ0) is 23.2. The largest absolute Gasteiger partial charge is 0.491 e. The van der Waals surface area contributed by atoms with E-state index >= 15 is 4.39 Å². The Morgan fingerprint density at radius 2 is 2.00 bits per heavy atom. The van der Waals surface area contributed by atoms with Crippen molar-refractivity contribution in [3.05, 3.63) is 83.4 Å². The van der Waals surface area contributed by atoms with Crippen molar-refractivity contribution in [3.63, 3.8) is 0 Å². The van der Waals surface area contributed by atoms with E-state index in [1.807, 2.05) is 36.4 Å². The number of rotatable bonds is 7. The number of hydrogen-bond acceptors (Lipinski definition) is 5. The van der Waals surface area contributed by atoms with Gasteiger partial charge in [-0.3, -0.25) is 4.98 Å². The van der Waals surface area contributed by atoms with Gasteiger partial charge in [-0.2, -0.15) is 0 Å². The lowest BCUT2D eigenvalue weighted by Gasteiger charge is -2.18. The molecule has 1 aliphatic heterocycles. The number of benzene rings is 2. The summed E-state index contributed by atoms with van der Waals surface area (Å²) in [6.45, 7) is 3.85. The predicted octanol–water partition coefficient (Wildman–Crippen LogP) is 4.69. The molecule has 172 valence electrons. The van der Waals surface area contributed by atoms with Crippen LogP contribution in [0, 0.1) is 18.7 Å². The van der Waals surface area contributed by atoms with Crippen LogP contribution in [0.5, 0.6) is 5.75 Å². The zero-order valence-electron chi connectivity index (χ0n) is 18.7. The molecule has 0 spiro atoms. The SMILES string of the molecule is Cc1c(CN)ccc(-c2ccncc2OCC2CCN(C(=O)OCc3ccccc3)C2)c1F. The molecule has 1 unspecified atom stereocenters. The second-order valence-electron chi connectivity index (χ2n) is 8.24. The number of nitrogens with two attached hydrogens (primary N) is 1. The summed E-state index contributed by atoms with van der Waals surface area (Å²) in [5, 5.41) is 0. The van der Waals surface area contributed by atoms with E-state index in [1.54, 1.807) is 36.4 Å². The standard InChI is InChI=1S/C26H28FN3O3/c1-18-21(13-28)7-8-23(25(18)27)22-9-11-29-14-24(22)32-17-20-10-12-30(15-20)26(31)33-16-19-5-3-2-4-6-19/h2-9,11,14,20H,10,12-13,15-17,28H2,1H3. The highest BCUT2D eigenvalue weighted by Crippen LogP contribution is 2.33. The molecular formula is C26H28FN3O3. The Morgan fingerprint density at radius 3 is 2.79 bits per heavy atom. The van der Waals surface area contributed by atoms with Crippen molar-refractivity contribution in [1.82, 2.24) is 9.88 Å². The fourth-order valence-electron chi connectivity index (χ4n) is 4.02. The molecule has 7 heteroatoms. The number of carbonyl (C=O) groups is 1. The van der Waals surface area contributed by atoms with E-state index in [1.165, 1.54) is 0 Å². The first-order valence-electron chi connectivity index (χ1n) is 11.1. The van der Waals surface area contributed by atoms with Gasteiger partial charge in [0.15, 0.2) is 0 Å². The van der Waals surface area contributed by atoms with Gasteiger partial charge in [-0.05, 0) is 36.1 Å². The van der Waals surface area contributed by atoms with Gasteiger partial charge in [0.1, 0.15) is 18.2 Å². The highest BCUT2D eigenvalue weighted by atomic mass is 19.1. The van der Waals surface area contributed by atoms with Crippen LogP contribution in [0.25, 0.3) is 11.1 Å². The topological polar surface area (TPSA) is 77.7 Å². The normalized spacial score (nSPS) is 15.5. The smallest absolute Gasteiger partial charge is 0.410 e. The van der Waals surface area contributed by atoms with Crippen molar-refractivity contribution in [2.75, 3.05) is 19.7 Å². The van der Waals surface area contributed by atoms with E-state index in [-0.39, 0.29) is 31.0 Å². The summed E-state index contributed by atoms with van der Waals surface area (Å²) < 4.78 is 26.5. The molecule has 3 aromatic rings. The van der Waals surface area contributed by atoms with Crippen molar-refractivity contribution < 1.29 is 18.7 Å². The van der Waals surface area contributed by atoms with Gasteiger partial charge in [-0.1, -0.05) is 42.5 Å². The molecule has 33 heavy (non-hydrogen) atoms. The van der Waals surface area contributed by atoms with Crippen molar-refractivity contribution >= 4 is 6.09 Å². The average Bonchev–Trinajstić information content (AvgIpc) is 3.33. The molecule has 1 aromatic heterocycles. The molecule has 2 heterocycles. The Balaban J connectivity index is 1.36. The Morgan fingerprint density at radius 1 is 1.18 bits per heavy atom. The molecule has 2 N–H and O–H groups in total. The monoisotopic (exact) mass is 449 g/mol. The first-order valence-corrected chi connectivity index (χ1v) is 11.1. The summed E-state index contributed by atoms with van der Waals surface area (Å²) >= 11 is 0. The van der Waals surface area contributed by atoms with E-state index in [0.717, 1.165) is 17.5 Å². The molecule has 0 saturated carbocycles. The van der Waals surface area contributed by atoms with Gasteiger partial charge in [0.2, 0.25) is 0 Å². The van der Waals surface area contributed by atoms with Crippen LogP contribution < -0.4 is 10.5 Å². The van der Waals surface area contributed by atoms with Crippen LogP contribution in [0.15, 0.2) is 60.9 Å². The number of amides is 1. The molecule has 2 aromatic carbocycles. The highest BCUT2D eigenvalue weighted by Gasteiger charge is 2.28. The number of pyridine rings is 1. The zero-order valence-corrected chi connectivity index (χ0v) is 18.7.